The van der Waals surface area contributed by atoms with Gasteiger partial charge in [0.1, 0.15) is 0 Å². The van der Waals surface area contributed by atoms with Crippen molar-refractivity contribution in [2.45, 2.75) is 57.5 Å². The van der Waals surface area contributed by atoms with Crippen LogP contribution in [-0.4, -0.2) is 21.6 Å². The average Bonchev–Trinajstić information content (AvgIpc) is 2.83. The molecule has 6 rings (SSSR count). The number of benzene rings is 1. The molecule has 2 atom stereocenters. The van der Waals surface area contributed by atoms with E-state index in [4.69, 9.17) is 0 Å². The summed E-state index contributed by atoms with van der Waals surface area (Å²) in [7, 11) is 0. The highest BCUT2D eigenvalue weighted by Gasteiger charge is 2.57. The molecule has 4 nitrogen and oxygen atoms in total. The molecule has 4 aliphatic rings. The fourth-order valence-corrected chi connectivity index (χ4v) is 7.14. The molecule has 5 heteroatoms. The molecule has 2 unspecified atom stereocenters. The number of rotatable bonds is 3. The number of anilines is 1. The lowest BCUT2D eigenvalue weighted by Gasteiger charge is -2.60. The van der Waals surface area contributed by atoms with Crippen molar-refractivity contribution < 1.29 is 9.90 Å². The number of amides is 1. The third-order valence-electron chi connectivity index (χ3n) is 6.47. The Labute approximate surface area is 151 Å². The van der Waals surface area contributed by atoms with Crippen molar-refractivity contribution in [1.29, 1.82) is 0 Å². The van der Waals surface area contributed by atoms with Gasteiger partial charge in [0.2, 0.25) is 5.91 Å². The second-order valence-corrected chi connectivity index (χ2v) is 10.1. The average molecular weight is 356 g/mol. The number of fused-ring (bicyclic) bond motifs is 1. The molecule has 0 saturated heterocycles. The van der Waals surface area contributed by atoms with Gasteiger partial charge in [-0.15, -0.1) is 11.3 Å². The van der Waals surface area contributed by atoms with Crippen LogP contribution in [0, 0.1) is 24.2 Å². The summed E-state index contributed by atoms with van der Waals surface area (Å²) in [6, 6.07) is 5.93. The van der Waals surface area contributed by atoms with E-state index in [0.717, 1.165) is 53.0 Å². The molecule has 1 amide bonds. The fraction of sp³-hybridized carbons (Fsp3) is 0.600. The number of carbonyl (C=O) groups is 1. The number of thiazole rings is 1. The van der Waals surface area contributed by atoms with Crippen LogP contribution in [0.3, 0.4) is 0 Å². The van der Waals surface area contributed by atoms with E-state index in [2.05, 4.69) is 10.3 Å². The van der Waals surface area contributed by atoms with Crippen LogP contribution in [0.1, 0.15) is 50.0 Å². The molecule has 1 aromatic carbocycles. The zero-order chi connectivity index (χ0) is 17.2. The first kappa shape index (κ1) is 15.8. The molecule has 0 radical (unpaired) electrons. The lowest BCUT2D eigenvalue weighted by atomic mass is 9.47. The first-order valence-electron chi connectivity index (χ1n) is 9.30. The van der Waals surface area contributed by atoms with Gasteiger partial charge in [-0.2, -0.15) is 0 Å². The van der Waals surface area contributed by atoms with Gasteiger partial charge in [-0.3, -0.25) is 4.79 Å². The van der Waals surface area contributed by atoms with Crippen molar-refractivity contribution in [1.82, 2.24) is 4.98 Å². The highest BCUT2D eigenvalue weighted by atomic mass is 32.1. The quantitative estimate of drug-likeness (QED) is 0.863. The Balaban J connectivity index is 1.33. The topological polar surface area (TPSA) is 62.2 Å². The third-order valence-corrected chi connectivity index (χ3v) is 7.40. The van der Waals surface area contributed by atoms with Crippen LogP contribution < -0.4 is 5.32 Å². The molecule has 0 aliphatic heterocycles. The molecule has 4 saturated carbocycles. The van der Waals surface area contributed by atoms with Gasteiger partial charge in [0.15, 0.2) is 0 Å². The first-order valence-corrected chi connectivity index (χ1v) is 10.1. The van der Waals surface area contributed by atoms with Crippen LogP contribution in [0.4, 0.5) is 5.69 Å². The largest absolute Gasteiger partial charge is 0.390 e. The molecule has 4 bridgehead atoms. The predicted molar refractivity (Wildman–Crippen MR) is 99.7 cm³/mol. The molecule has 0 spiro atoms. The van der Waals surface area contributed by atoms with E-state index in [1.165, 1.54) is 6.42 Å². The molecule has 2 aromatic rings. The van der Waals surface area contributed by atoms with E-state index in [0.29, 0.717) is 18.3 Å². The summed E-state index contributed by atoms with van der Waals surface area (Å²) in [5, 5.41) is 15.0. The maximum absolute atomic E-state index is 12.7. The van der Waals surface area contributed by atoms with Crippen LogP contribution >= 0.6 is 11.3 Å². The summed E-state index contributed by atoms with van der Waals surface area (Å²) in [6.07, 6.45) is 6.75. The summed E-state index contributed by atoms with van der Waals surface area (Å²) >= 11 is 1.65. The zero-order valence-electron chi connectivity index (χ0n) is 14.5. The molecule has 2 N–H and O–H groups in total. The number of aromatic nitrogens is 1. The maximum Gasteiger partial charge on any atom is 0.224 e. The number of aliphatic hydroxyl groups is 1. The molecule has 1 aromatic heterocycles. The SMILES string of the molecule is Cc1nc2ccc(NC(=O)CC34CC5CC(CC(O)(C5)C3)C4)cc2s1. The van der Waals surface area contributed by atoms with Gasteiger partial charge in [0, 0.05) is 12.1 Å². The van der Waals surface area contributed by atoms with E-state index in [-0.39, 0.29) is 11.3 Å². The summed E-state index contributed by atoms with van der Waals surface area (Å²) in [5.74, 6) is 1.33. The second kappa shape index (κ2) is 5.27. The number of nitrogens with zero attached hydrogens (tertiary/aromatic N) is 1. The minimum Gasteiger partial charge on any atom is -0.390 e. The van der Waals surface area contributed by atoms with Crippen molar-refractivity contribution in [2.75, 3.05) is 5.32 Å². The van der Waals surface area contributed by atoms with Crippen LogP contribution in [0.2, 0.25) is 0 Å². The second-order valence-electron chi connectivity index (χ2n) is 8.83. The van der Waals surface area contributed by atoms with E-state index < -0.39 is 5.60 Å². The van der Waals surface area contributed by atoms with Crippen LogP contribution in [0.5, 0.6) is 0 Å². The van der Waals surface area contributed by atoms with Gasteiger partial charge in [-0.05, 0) is 80.9 Å². The Kier molecular flexibility index (Phi) is 3.32. The van der Waals surface area contributed by atoms with Gasteiger partial charge in [0.25, 0.3) is 0 Å². The summed E-state index contributed by atoms with van der Waals surface area (Å²) in [6.45, 7) is 2.00. The van der Waals surface area contributed by atoms with E-state index in [1.54, 1.807) is 11.3 Å². The third kappa shape index (κ3) is 2.77. The van der Waals surface area contributed by atoms with Crippen molar-refractivity contribution in [3.8, 4) is 0 Å². The van der Waals surface area contributed by atoms with Crippen molar-refractivity contribution in [3.05, 3.63) is 23.2 Å². The minimum atomic E-state index is -0.497. The van der Waals surface area contributed by atoms with Gasteiger partial charge < -0.3 is 10.4 Å². The highest BCUT2D eigenvalue weighted by Crippen LogP contribution is 2.62. The summed E-state index contributed by atoms with van der Waals surface area (Å²) < 4.78 is 1.11. The first-order chi connectivity index (χ1) is 11.9. The molecule has 25 heavy (non-hydrogen) atoms. The van der Waals surface area contributed by atoms with Crippen LogP contribution in [0.25, 0.3) is 10.2 Å². The number of hydrogen-bond acceptors (Lipinski definition) is 4. The number of aryl methyl sites for hydroxylation is 1. The summed E-state index contributed by atoms with van der Waals surface area (Å²) in [5.41, 5.74) is 1.37. The number of carbonyl (C=O) groups excluding carboxylic acids is 1. The van der Waals surface area contributed by atoms with Crippen LogP contribution in [-0.2, 0) is 4.79 Å². The highest BCUT2D eigenvalue weighted by molar-refractivity contribution is 7.18. The number of nitrogens with one attached hydrogen (secondary N) is 1. The molecule has 4 fully saturated rings. The Morgan fingerprint density at radius 3 is 2.80 bits per heavy atom. The van der Waals surface area contributed by atoms with Crippen molar-refractivity contribution >= 4 is 33.1 Å². The number of hydrogen-bond donors (Lipinski definition) is 2. The van der Waals surface area contributed by atoms with Crippen LogP contribution in [0.15, 0.2) is 18.2 Å². The van der Waals surface area contributed by atoms with Gasteiger partial charge >= 0.3 is 0 Å². The van der Waals surface area contributed by atoms with E-state index in [9.17, 15) is 9.90 Å². The monoisotopic (exact) mass is 356 g/mol. The predicted octanol–water partition coefficient (Wildman–Crippen LogP) is 4.26. The summed E-state index contributed by atoms with van der Waals surface area (Å²) in [4.78, 5) is 17.2. The van der Waals surface area contributed by atoms with Gasteiger partial charge in [0.05, 0.1) is 20.8 Å². The van der Waals surface area contributed by atoms with E-state index in [1.807, 2.05) is 25.1 Å². The minimum absolute atomic E-state index is 0.0219. The standard InChI is InChI=1S/C20H24N2O2S/c1-12-21-16-3-2-15(5-17(16)25-12)22-18(23)10-19-6-13-4-14(7-19)9-20(24,8-13)11-19/h2-3,5,13-14,24H,4,6-11H2,1H3,(H,22,23). The Morgan fingerprint density at radius 2 is 2.08 bits per heavy atom. The van der Waals surface area contributed by atoms with Gasteiger partial charge in [-0.25, -0.2) is 4.98 Å². The molecule has 132 valence electrons. The smallest absolute Gasteiger partial charge is 0.224 e. The van der Waals surface area contributed by atoms with Gasteiger partial charge in [-0.1, -0.05) is 0 Å². The zero-order valence-corrected chi connectivity index (χ0v) is 15.4. The molecular formula is C20H24N2O2S. The Bertz CT molecular complexity index is 844. The molecule has 4 aliphatic carbocycles. The fourth-order valence-electron chi connectivity index (χ4n) is 6.27. The maximum atomic E-state index is 12.7. The van der Waals surface area contributed by atoms with E-state index >= 15 is 0 Å². The Hall–Kier alpha value is -1.46. The normalized spacial score (nSPS) is 36.1. The molecular weight excluding hydrogens is 332 g/mol. The van der Waals surface area contributed by atoms with Crippen molar-refractivity contribution in [2.24, 2.45) is 17.3 Å². The van der Waals surface area contributed by atoms with Crippen molar-refractivity contribution in [3.63, 3.8) is 0 Å². The Morgan fingerprint density at radius 1 is 1.32 bits per heavy atom. The lowest BCUT2D eigenvalue weighted by Crippen LogP contribution is -2.56. The molecule has 1 heterocycles. The lowest BCUT2D eigenvalue weighted by molar-refractivity contribution is -0.167.